The molecule has 3 rings (SSSR count). The Bertz CT molecular complexity index is 734. The second kappa shape index (κ2) is 8.13. The number of hydrogen-bond acceptors (Lipinski definition) is 7. The van der Waals surface area contributed by atoms with E-state index in [1.165, 1.54) is 0 Å². The van der Waals surface area contributed by atoms with E-state index in [2.05, 4.69) is 20.8 Å². The fourth-order valence-electron chi connectivity index (χ4n) is 3.09. The molecule has 9 heteroatoms. The lowest BCUT2D eigenvalue weighted by molar-refractivity contribution is -0.135. The van der Waals surface area contributed by atoms with Crippen LogP contribution in [0.25, 0.3) is 5.69 Å². The van der Waals surface area contributed by atoms with Gasteiger partial charge in [0.15, 0.2) is 5.82 Å². The number of ether oxygens (including phenoxy) is 2. The molecular weight excluding hydrogens is 336 g/mol. The molecule has 1 aromatic heterocycles. The van der Waals surface area contributed by atoms with Gasteiger partial charge in [0.1, 0.15) is 11.5 Å². The summed E-state index contributed by atoms with van der Waals surface area (Å²) in [6, 6.07) is 5.41. The first kappa shape index (κ1) is 18.1. The molecule has 2 heterocycles. The predicted molar refractivity (Wildman–Crippen MR) is 94.3 cm³/mol. The van der Waals surface area contributed by atoms with Crippen molar-refractivity contribution in [2.75, 3.05) is 34.4 Å². The van der Waals surface area contributed by atoms with Crippen LogP contribution in [-0.2, 0) is 11.3 Å². The Labute approximate surface area is 152 Å². The summed E-state index contributed by atoms with van der Waals surface area (Å²) in [5, 5.41) is 15.2. The Morgan fingerprint density at radius 1 is 1.23 bits per heavy atom. The van der Waals surface area contributed by atoms with Crippen molar-refractivity contribution in [2.45, 2.75) is 19.4 Å². The van der Waals surface area contributed by atoms with Crippen molar-refractivity contribution in [3.05, 3.63) is 24.0 Å². The van der Waals surface area contributed by atoms with Crippen LogP contribution in [0.3, 0.4) is 0 Å². The fraction of sp³-hybridized carbons (Fsp3) is 0.529. The van der Waals surface area contributed by atoms with Gasteiger partial charge in [0.25, 0.3) is 0 Å². The van der Waals surface area contributed by atoms with Gasteiger partial charge in [-0.2, -0.15) is 4.68 Å². The number of amides is 1. The summed E-state index contributed by atoms with van der Waals surface area (Å²) in [5.41, 5.74) is 0.712. The largest absolute Gasteiger partial charge is 0.497 e. The lowest BCUT2D eigenvalue weighted by Gasteiger charge is -2.26. The van der Waals surface area contributed by atoms with Gasteiger partial charge in [-0.15, -0.1) is 5.10 Å². The van der Waals surface area contributed by atoms with Crippen LogP contribution >= 0.6 is 0 Å². The summed E-state index contributed by atoms with van der Waals surface area (Å²) in [6.07, 6.45) is 1.72. The van der Waals surface area contributed by atoms with Crippen molar-refractivity contribution in [1.29, 1.82) is 0 Å². The number of carbonyl (C=O) groups is 1. The highest BCUT2D eigenvalue weighted by Gasteiger charge is 2.25. The summed E-state index contributed by atoms with van der Waals surface area (Å²) in [4.78, 5) is 14.3. The van der Waals surface area contributed by atoms with Gasteiger partial charge >= 0.3 is 0 Å². The molecule has 0 saturated carbocycles. The Morgan fingerprint density at radius 3 is 2.50 bits per heavy atom. The molecule has 9 nitrogen and oxygen atoms in total. The highest BCUT2D eigenvalue weighted by Crippen LogP contribution is 2.25. The van der Waals surface area contributed by atoms with Gasteiger partial charge in [-0.1, -0.05) is 0 Å². The number of aromatic nitrogens is 4. The molecular formula is C17H24N6O3. The van der Waals surface area contributed by atoms with Crippen LogP contribution in [0, 0.1) is 5.92 Å². The lowest BCUT2D eigenvalue weighted by atomic mass is 9.97. The number of hydrogen-bond donors (Lipinski definition) is 1. The normalized spacial score (nSPS) is 14.9. The van der Waals surface area contributed by atoms with E-state index in [1.54, 1.807) is 36.9 Å². The number of benzene rings is 1. The van der Waals surface area contributed by atoms with E-state index in [0.717, 1.165) is 25.9 Å². The van der Waals surface area contributed by atoms with Crippen molar-refractivity contribution < 1.29 is 14.3 Å². The van der Waals surface area contributed by atoms with Gasteiger partial charge in [0, 0.05) is 31.2 Å². The molecule has 1 amide bonds. The fourth-order valence-corrected chi connectivity index (χ4v) is 3.09. The number of rotatable bonds is 6. The third-order valence-electron chi connectivity index (χ3n) is 4.56. The molecule has 0 bridgehead atoms. The lowest BCUT2D eigenvalue weighted by Crippen LogP contribution is -2.39. The zero-order chi connectivity index (χ0) is 18.5. The van der Waals surface area contributed by atoms with Gasteiger partial charge in [-0.25, -0.2) is 0 Å². The molecule has 1 aliphatic heterocycles. The van der Waals surface area contributed by atoms with Crippen molar-refractivity contribution in [3.63, 3.8) is 0 Å². The smallest absolute Gasteiger partial charge is 0.225 e. The average Bonchev–Trinajstić information content (AvgIpc) is 3.15. The van der Waals surface area contributed by atoms with Crippen LogP contribution in [0.2, 0.25) is 0 Å². The maximum atomic E-state index is 12.7. The Kier molecular flexibility index (Phi) is 5.67. The molecule has 1 aromatic carbocycles. The zero-order valence-electron chi connectivity index (χ0n) is 15.3. The van der Waals surface area contributed by atoms with E-state index >= 15 is 0 Å². The number of nitrogens with zero attached hydrogens (tertiary/aromatic N) is 5. The van der Waals surface area contributed by atoms with Crippen LogP contribution in [0.1, 0.15) is 18.7 Å². The maximum absolute atomic E-state index is 12.7. The van der Waals surface area contributed by atoms with Gasteiger partial charge in [0.2, 0.25) is 5.91 Å². The maximum Gasteiger partial charge on any atom is 0.225 e. The van der Waals surface area contributed by atoms with Crippen LogP contribution in [0.15, 0.2) is 18.2 Å². The molecule has 140 valence electrons. The Balaban J connectivity index is 1.79. The van der Waals surface area contributed by atoms with Gasteiger partial charge in [-0.05, 0) is 36.4 Å². The highest BCUT2D eigenvalue weighted by atomic mass is 16.5. The van der Waals surface area contributed by atoms with Gasteiger partial charge < -0.3 is 19.7 Å². The average molecular weight is 360 g/mol. The minimum atomic E-state index is 0.0579. The van der Waals surface area contributed by atoms with E-state index in [9.17, 15) is 4.79 Å². The Hall–Kier alpha value is -2.68. The molecule has 1 fully saturated rings. The van der Waals surface area contributed by atoms with E-state index in [1.807, 2.05) is 12.1 Å². The molecule has 0 aliphatic carbocycles. The second-order valence-electron chi connectivity index (χ2n) is 6.30. The number of nitrogens with one attached hydrogen (secondary N) is 1. The quantitative estimate of drug-likeness (QED) is 0.808. The third-order valence-corrected chi connectivity index (χ3v) is 4.56. The number of carbonyl (C=O) groups excluding carboxylic acids is 1. The SMILES string of the molecule is COc1cc(OC)cc(-n2nnnc2CN(C)C(=O)C2CCNCC2)c1. The first-order valence-corrected chi connectivity index (χ1v) is 8.58. The molecule has 1 saturated heterocycles. The molecule has 1 N–H and O–H groups in total. The standard InChI is InChI=1S/C17H24N6O3/c1-22(17(24)12-4-6-18-7-5-12)11-16-19-20-21-23(16)13-8-14(25-2)10-15(9-13)26-3/h8-10,12,18H,4-7,11H2,1-3H3. The topological polar surface area (TPSA) is 94.4 Å². The van der Waals surface area contributed by atoms with Crippen LogP contribution in [-0.4, -0.2) is 65.4 Å². The molecule has 0 unspecified atom stereocenters. The molecule has 0 radical (unpaired) electrons. The number of methoxy groups -OCH3 is 2. The van der Waals surface area contributed by atoms with Crippen molar-refractivity contribution in [2.24, 2.45) is 5.92 Å². The first-order valence-electron chi connectivity index (χ1n) is 8.58. The van der Waals surface area contributed by atoms with E-state index in [0.29, 0.717) is 29.6 Å². The highest BCUT2D eigenvalue weighted by molar-refractivity contribution is 5.78. The van der Waals surface area contributed by atoms with Crippen LogP contribution < -0.4 is 14.8 Å². The monoisotopic (exact) mass is 360 g/mol. The second-order valence-corrected chi connectivity index (χ2v) is 6.30. The summed E-state index contributed by atoms with van der Waals surface area (Å²) in [7, 11) is 4.96. The third kappa shape index (κ3) is 3.93. The van der Waals surface area contributed by atoms with Gasteiger partial charge in [0.05, 0.1) is 26.5 Å². The van der Waals surface area contributed by atoms with Crippen molar-refractivity contribution in [1.82, 2.24) is 30.4 Å². The summed E-state index contributed by atoms with van der Waals surface area (Å²) >= 11 is 0. The predicted octanol–water partition coefficient (Wildman–Crippen LogP) is 0.638. The van der Waals surface area contributed by atoms with E-state index in [4.69, 9.17) is 9.47 Å². The van der Waals surface area contributed by atoms with E-state index in [-0.39, 0.29) is 11.8 Å². The minimum Gasteiger partial charge on any atom is -0.497 e. The summed E-state index contributed by atoms with van der Waals surface area (Å²) in [5.74, 6) is 2.04. The molecule has 0 atom stereocenters. The molecule has 26 heavy (non-hydrogen) atoms. The summed E-state index contributed by atoms with van der Waals surface area (Å²) < 4.78 is 12.2. The molecule has 2 aromatic rings. The van der Waals surface area contributed by atoms with Crippen LogP contribution in [0.5, 0.6) is 11.5 Å². The van der Waals surface area contributed by atoms with E-state index < -0.39 is 0 Å². The van der Waals surface area contributed by atoms with Crippen molar-refractivity contribution in [3.8, 4) is 17.2 Å². The van der Waals surface area contributed by atoms with Gasteiger partial charge in [-0.3, -0.25) is 4.79 Å². The molecule has 1 aliphatic rings. The number of tetrazole rings is 1. The van der Waals surface area contributed by atoms with Crippen molar-refractivity contribution >= 4 is 5.91 Å². The molecule has 0 spiro atoms. The number of piperidine rings is 1. The minimum absolute atomic E-state index is 0.0579. The first-order chi connectivity index (χ1) is 12.6. The zero-order valence-corrected chi connectivity index (χ0v) is 15.3. The summed E-state index contributed by atoms with van der Waals surface area (Å²) in [6.45, 7) is 2.09. The van der Waals surface area contributed by atoms with Crippen LogP contribution in [0.4, 0.5) is 0 Å². The Morgan fingerprint density at radius 2 is 1.88 bits per heavy atom.